The van der Waals surface area contributed by atoms with Crippen LogP contribution in [0.3, 0.4) is 0 Å². The van der Waals surface area contributed by atoms with Crippen LogP contribution >= 0.6 is 0 Å². The van der Waals surface area contributed by atoms with Gasteiger partial charge < -0.3 is 26.0 Å². The van der Waals surface area contributed by atoms with Gasteiger partial charge in [-0.05, 0) is 83.4 Å². The van der Waals surface area contributed by atoms with E-state index >= 15 is 0 Å². The third-order valence-electron chi connectivity index (χ3n) is 9.15. The molecule has 4 aliphatic rings. The zero-order valence-electron chi connectivity index (χ0n) is 22.6. The van der Waals surface area contributed by atoms with Gasteiger partial charge in [-0.2, -0.15) is 0 Å². The Morgan fingerprint density at radius 2 is 1.73 bits per heavy atom. The Bertz CT molecular complexity index is 1160. The van der Waals surface area contributed by atoms with Crippen molar-refractivity contribution < 1.29 is 24.9 Å². The highest BCUT2D eigenvalue weighted by molar-refractivity contribution is 6.06. The number of amides is 2. The Morgan fingerprint density at radius 1 is 1.08 bits per heavy atom. The predicted molar refractivity (Wildman–Crippen MR) is 140 cm³/mol. The number of fused-ring (bicyclic) bond motifs is 1. The summed E-state index contributed by atoms with van der Waals surface area (Å²) in [6.07, 6.45) is 3.41. The molecule has 3 aliphatic carbocycles. The second kappa shape index (κ2) is 9.02. The van der Waals surface area contributed by atoms with Gasteiger partial charge in [-0.3, -0.25) is 14.5 Å². The largest absolute Gasteiger partial charge is 0.504 e. The van der Waals surface area contributed by atoms with Crippen LogP contribution in [0.1, 0.15) is 71.4 Å². The number of nitrogens with zero attached hydrogens (tertiary/aromatic N) is 1. The van der Waals surface area contributed by atoms with E-state index in [0.717, 1.165) is 18.7 Å². The van der Waals surface area contributed by atoms with E-state index in [1.807, 2.05) is 40.7 Å². The number of rotatable bonds is 6. The Labute approximate surface area is 219 Å². The van der Waals surface area contributed by atoms with Crippen LogP contribution in [0.2, 0.25) is 0 Å². The number of nitrogens with one attached hydrogen (secondary N) is 2. The maximum atomic E-state index is 13.7. The molecule has 1 saturated heterocycles. The summed E-state index contributed by atoms with van der Waals surface area (Å²) in [5.41, 5.74) is -0.331. The molecule has 2 bridgehead atoms. The highest BCUT2D eigenvalue weighted by atomic mass is 16.3. The molecular weight excluding hydrogens is 470 g/mol. The first kappa shape index (κ1) is 26.0. The molecule has 37 heavy (non-hydrogen) atoms. The molecule has 0 unspecified atom stereocenters. The summed E-state index contributed by atoms with van der Waals surface area (Å²) in [4.78, 5) is 29.6. The Balaban J connectivity index is 1.75. The van der Waals surface area contributed by atoms with E-state index in [4.69, 9.17) is 0 Å². The summed E-state index contributed by atoms with van der Waals surface area (Å²) in [6, 6.07) is 2.81. The molecule has 1 aromatic carbocycles. The van der Waals surface area contributed by atoms with Crippen LogP contribution in [0.25, 0.3) is 0 Å². The number of hydrogen-bond acceptors (Lipinski definition) is 6. The number of piperidine rings is 1. The SMILES string of the molecule is CC(C)NC(=O)C1=C(C(=O)NC(C)C)[C@H](C)[C@]23CCN(CC4CC4)[C@H](Cc4ccc(O)c(O)c42)[C@]3(O)C1. The molecule has 0 aromatic heterocycles. The van der Waals surface area contributed by atoms with Crippen LogP contribution in [0, 0.1) is 11.8 Å². The average Bonchev–Trinajstić information content (AvgIpc) is 3.61. The molecule has 5 N–H and O–H groups in total. The predicted octanol–water partition coefficient (Wildman–Crippen LogP) is 2.49. The fourth-order valence-electron chi connectivity index (χ4n) is 7.46. The number of hydrogen-bond donors (Lipinski definition) is 5. The molecule has 1 aliphatic heterocycles. The van der Waals surface area contributed by atoms with Gasteiger partial charge in [0.2, 0.25) is 11.8 Å². The fourth-order valence-corrected chi connectivity index (χ4v) is 7.46. The van der Waals surface area contributed by atoms with Crippen LogP contribution in [0.5, 0.6) is 11.5 Å². The summed E-state index contributed by atoms with van der Waals surface area (Å²) in [5.74, 6) is -1.07. The first-order valence-corrected chi connectivity index (χ1v) is 13.8. The van der Waals surface area contributed by atoms with Gasteiger partial charge in [0.15, 0.2) is 11.5 Å². The van der Waals surface area contributed by atoms with Crippen molar-refractivity contribution in [3.8, 4) is 11.5 Å². The van der Waals surface area contributed by atoms with Crippen molar-refractivity contribution in [3.05, 3.63) is 34.4 Å². The third-order valence-corrected chi connectivity index (χ3v) is 9.15. The van der Waals surface area contributed by atoms with E-state index in [2.05, 4.69) is 15.5 Å². The van der Waals surface area contributed by atoms with Gasteiger partial charge in [-0.15, -0.1) is 0 Å². The van der Waals surface area contributed by atoms with E-state index in [0.29, 0.717) is 35.5 Å². The van der Waals surface area contributed by atoms with Gasteiger partial charge in [0.1, 0.15) is 0 Å². The number of carbonyl (C=O) groups is 2. The average molecular weight is 512 g/mol. The normalized spacial score (nSPS) is 31.2. The summed E-state index contributed by atoms with van der Waals surface area (Å²) in [5, 5.41) is 40.6. The zero-order valence-corrected chi connectivity index (χ0v) is 22.6. The number of benzene rings is 1. The Hall–Kier alpha value is -2.58. The van der Waals surface area contributed by atoms with Crippen LogP contribution in [-0.2, 0) is 21.4 Å². The molecule has 4 atom stereocenters. The topological polar surface area (TPSA) is 122 Å². The van der Waals surface area contributed by atoms with Gasteiger partial charge in [-0.1, -0.05) is 13.0 Å². The minimum Gasteiger partial charge on any atom is -0.504 e. The lowest BCUT2D eigenvalue weighted by atomic mass is 9.45. The first-order chi connectivity index (χ1) is 17.4. The van der Waals surface area contributed by atoms with Crippen molar-refractivity contribution in [1.82, 2.24) is 15.5 Å². The fraction of sp³-hybridized carbons (Fsp3) is 0.655. The van der Waals surface area contributed by atoms with Crippen LogP contribution in [-0.4, -0.2) is 68.8 Å². The van der Waals surface area contributed by atoms with Gasteiger partial charge in [0, 0.05) is 53.2 Å². The maximum Gasteiger partial charge on any atom is 0.248 e. The number of aromatic hydroxyl groups is 2. The number of phenolic OH excluding ortho intramolecular Hbond substituents is 2. The minimum atomic E-state index is -1.40. The monoisotopic (exact) mass is 511 g/mol. The standard InChI is InChI=1S/C29H41N3O5/c1-15(2)30-26(35)20-13-29(37)22-12-19-8-9-21(33)25(34)24(19)28(29,10-11-32(22)14-18-6-7-18)17(5)23(20)27(36)31-16(3)4/h8-9,15-18,22,33-34,37H,6-7,10-14H2,1-5H3,(H,30,35)(H,31,36)/t17-,22+,28+,29+/m0/s1. The summed E-state index contributed by atoms with van der Waals surface area (Å²) in [7, 11) is 0. The van der Waals surface area contributed by atoms with E-state index in [1.54, 1.807) is 0 Å². The molecule has 1 heterocycles. The van der Waals surface area contributed by atoms with Crippen molar-refractivity contribution in [3.63, 3.8) is 0 Å². The van der Waals surface area contributed by atoms with Crippen LogP contribution in [0.4, 0.5) is 0 Å². The van der Waals surface area contributed by atoms with Gasteiger partial charge in [-0.25, -0.2) is 0 Å². The Kier molecular flexibility index (Phi) is 6.35. The summed E-state index contributed by atoms with van der Waals surface area (Å²) >= 11 is 0. The van der Waals surface area contributed by atoms with Gasteiger partial charge in [0.25, 0.3) is 0 Å². The molecule has 1 aromatic rings. The van der Waals surface area contributed by atoms with Crippen molar-refractivity contribution >= 4 is 11.8 Å². The van der Waals surface area contributed by atoms with E-state index in [9.17, 15) is 24.9 Å². The molecule has 202 valence electrons. The van der Waals surface area contributed by atoms with Gasteiger partial charge in [0.05, 0.1) is 5.60 Å². The third kappa shape index (κ3) is 3.95. The summed E-state index contributed by atoms with van der Waals surface area (Å²) < 4.78 is 0. The van der Waals surface area contributed by atoms with Crippen molar-refractivity contribution in [2.75, 3.05) is 13.1 Å². The maximum absolute atomic E-state index is 13.7. The number of phenols is 2. The van der Waals surface area contributed by atoms with Crippen molar-refractivity contribution in [1.29, 1.82) is 0 Å². The smallest absolute Gasteiger partial charge is 0.248 e. The zero-order chi connectivity index (χ0) is 26.9. The first-order valence-electron chi connectivity index (χ1n) is 13.8. The number of likely N-dealkylation sites (tertiary alicyclic amines) is 1. The number of carbonyl (C=O) groups excluding carboxylic acids is 2. The molecule has 8 heteroatoms. The van der Waals surface area contributed by atoms with Gasteiger partial charge >= 0.3 is 0 Å². The summed E-state index contributed by atoms with van der Waals surface area (Å²) in [6.45, 7) is 11.0. The Morgan fingerprint density at radius 3 is 2.35 bits per heavy atom. The molecule has 0 spiro atoms. The van der Waals surface area contributed by atoms with Crippen molar-refractivity contribution in [2.24, 2.45) is 11.8 Å². The molecule has 0 radical (unpaired) electrons. The quantitative estimate of drug-likeness (QED) is 0.374. The molecule has 1 saturated carbocycles. The minimum absolute atomic E-state index is 0.0110. The lowest BCUT2D eigenvalue weighted by molar-refractivity contribution is -0.168. The highest BCUT2D eigenvalue weighted by Gasteiger charge is 2.69. The molecule has 8 nitrogen and oxygen atoms in total. The van der Waals surface area contributed by atoms with E-state index in [1.165, 1.54) is 18.9 Å². The number of aliphatic hydroxyl groups is 1. The lowest BCUT2D eigenvalue weighted by Crippen LogP contribution is -2.75. The second-order valence-corrected chi connectivity index (χ2v) is 12.3. The van der Waals surface area contributed by atoms with Crippen LogP contribution < -0.4 is 10.6 Å². The molecule has 2 amide bonds. The molecular formula is C29H41N3O5. The highest BCUT2D eigenvalue weighted by Crippen LogP contribution is 2.64. The molecule has 2 fully saturated rings. The van der Waals surface area contributed by atoms with Crippen LogP contribution in [0.15, 0.2) is 23.3 Å². The molecule has 5 rings (SSSR count). The van der Waals surface area contributed by atoms with Crippen molar-refractivity contribution in [2.45, 2.75) is 95.9 Å². The van der Waals surface area contributed by atoms with E-state index < -0.39 is 16.9 Å². The second-order valence-electron chi connectivity index (χ2n) is 12.3. The van der Waals surface area contributed by atoms with E-state index in [-0.39, 0.29) is 47.9 Å². The lowest BCUT2D eigenvalue weighted by Gasteiger charge is -2.66.